The van der Waals surface area contributed by atoms with Gasteiger partial charge in [0.15, 0.2) is 0 Å². The lowest BCUT2D eigenvalue weighted by molar-refractivity contribution is -0.160. The van der Waals surface area contributed by atoms with Crippen LogP contribution < -0.4 is 19.5 Å². The third-order valence-corrected chi connectivity index (χ3v) is 7.69. The zero-order chi connectivity index (χ0) is 27.4. The fourth-order valence-corrected chi connectivity index (χ4v) is 5.84. The number of carbonyl (C=O) groups excluding carboxylic acids is 1. The molecule has 0 spiro atoms. The Kier molecular flexibility index (Phi) is 8.96. The average molecular weight is 535 g/mol. The number of hydrogen-bond donors (Lipinski definition) is 1. The van der Waals surface area contributed by atoms with Crippen LogP contribution in [0.1, 0.15) is 46.6 Å². The van der Waals surface area contributed by atoms with Crippen LogP contribution in [-0.2, 0) is 26.2 Å². The van der Waals surface area contributed by atoms with Gasteiger partial charge in [-0.25, -0.2) is 8.42 Å². The molecule has 1 N–H and O–H groups in total. The Hall–Kier alpha value is -2.98. The Balaban J connectivity index is 1.87. The second kappa shape index (κ2) is 11.6. The van der Waals surface area contributed by atoms with Crippen molar-refractivity contribution in [1.82, 2.24) is 4.31 Å². The number of ether oxygens (including phenoxy) is 4. The minimum absolute atomic E-state index is 0.0920. The van der Waals surface area contributed by atoms with Crippen LogP contribution in [0, 0.1) is 5.92 Å². The van der Waals surface area contributed by atoms with E-state index in [4.69, 9.17) is 18.9 Å². The molecule has 204 valence electrons. The molecule has 0 aromatic heterocycles. The number of benzene rings is 2. The maximum Gasteiger partial charge on any atom is 0.324 e. The summed E-state index contributed by atoms with van der Waals surface area (Å²) >= 11 is 0. The van der Waals surface area contributed by atoms with Crippen LogP contribution in [0.3, 0.4) is 0 Å². The van der Waals surface area contributed by atoms with Gasteiger partial charge in [-0.15, -0.1) is 0 Å². The van der Waals surface area contributed by atoms with Crippen LogP contribution in [0.2, 0.25) is 0 Å². The summed E-state index contributed by atoms with van der Waals surface area (Å²) in [5.41, 5.74) is 0.541. The van der Waals surface area contributed by atoms with Crippen molar-refractivity contribution in [2.24, 2.45) is 5.92 Å². The molecule has 0 radical (unpaired) electrons. The van der Waals surface area contributed by atoms with Crippen molar-refractivity contribution < 1.29 is 32.2 Å². The third-order valence-electron chi connectivity index (χ3n) is 5.72. The van der Waals surface area contributed by atoms with Gasteiger partial charge in [0.1, 0.15) is 40.4 Å². The lowest BCUT2D eigenvalue weighted by Gasteiger charge is -2.31. The molecular formula is C27H38N2O7S. The molecule has 0 fully saturated rings. The molecule has 2 aromatic carbocycles. The number of esters is 1. The summed E-state index contributed by atoms with van der Waals surface area (Å²) in [5, 5.41) is 3.19. The first kappa shape index (κ1) is 28.6. The van der Waals surface area contributed by atoms with Gasteiger partial charge in [-0.05, 0) is 62.9 Å². The van der Waals surface area contributed by atoms with E-state index < -0.39 is 27.6 Å². The summed E-state index contributed by atoms with van der Waals surface area (Å²) < 4.78 is 50.9. The molecule has 37 heavy (non-hydrogen) atoms. The molecule has 1 aliphatic rings. The Bertz CT molecular complexity index is 1180. The summed E-state index contributed by atoms with van der Waals surface area (Å²) in [6, 6.07) is 9.34. The van der Waals surface area contributed by atoms with Gasteiger partial charge >= 0.3 is 5.97 Å². The zero-order valence-electron chi connectivity index (χ0n) is 22.7. The van der Waals surface area contributed by atoms with E-state index >= 15 is 0 Å². The second-order valence-electron chi connectivity index (χ2n) is 10.4. The summed E-state index contributed by atoms with van der Waals surface area (Å²) in [6.07, 6.45) is 0.356. The number of nitrogens with zero attached hydrogens (tertiary/aromatic N) is 1. The van der Waals surface area contributed by atoms with Crippen LogP contribution in [-0.4, -0.2) is 57.6 Å². The molecule has 1 aliphatic heterocycles. The number of rotatable bonds is 9. The van der Waals surface area contributed by atoms with Crippen LogP contribution >= 0.6 is 0 Å². The van der Waals surface area contributed by atoms with E-state index in [0.29, 0.717) is 35.9 Å². The molecule has 0 aliphatic carbocycles. The van der Waals surface area contributed by atoms with Gasteiger partial charge < -0.3 is 24.3 Å². The maximum atomic E-state index is 13.8. The van der Waals surface area contributed by atoms with E-state index in [0.717, 1.165) is 5.56 Å². The van der Waals surface area contributed by atoms with Crippen LogP contribution in [0.25, 0.3) is 0 Å². The van der Waals surface area contributed by atoms with Crippen molar-refractivity contribution in [2.75, 3.05) is 32.6 Å². The van der Waals surface area contributed by atoms with Gasteiger partial charge in [0.2, 0.25) is 10.0 Å². The van der Waals surface area contributed by atoms with E-state index in [1.165, 1.54) is 10.4 Å². The molecule has 0 saturated carbocycles. The lowest BCUT2D eigenvalue weighted by atomic mass is 10.0. The van der Waals surface area contributed by atoms with Crippen molar-refractivity contribution in [3.05, 3.63) is 42.0 Å². The number of sulfonamides is 1. The number of nitrogens with one attached hydrogen (secondary N) is 1. The number of anilines is 1. The minimum Gasteiger partial charge on any atom is -0.497 e. The first-order chi connectivity index (χ1) is 17.3. The van der Waals surface area contributed by atoms with E-state index in [1.807, 2.05) is 26.0 Å². The predicted molar refractivity (Wildman–Crippen MR) is 142 cm³/mol. The van der Waals surface area contributed by atoms with Gasteiger partial charge in [0.05, 0.1) is 19.9 Å². The molecule has 10 heteroatoms. The largest absolute Gasteiger partial charge is 0.497 e. The second-order valence-corrected chi connectivity index (χ2v) is 12.2. The minimum atomic E-state index is -3.99. The van der Waals surface area contributed by atoms with E-state index in [2.05, 4.69) is 5.32 Å². The highest BCUT2D eigenvalue weighted by atomic mass is 32.2. The molecule has 0 unspecified atom stereocenters. The van der Waals surface area contributed by atoms with Gasteiger partial charge in [0.25, 0.3) is 0 Å². The summed E-state index contributed by atoms with van der Waals surface area (Å²) in [7, 11) is -0.827. The number of methoxy groups -OCH3 is 2. The fourth-order valence-electron chi connectivity index (χ4n) is 4.10. The first-order valence-corrected chi connectivity index (χ1v) is 13.8. The molecule has 2 aromatic rings. The molecule has 0 amide bonds. The standard InChI is InChI=1S/C27H38N2O7S/c1-18(2)12-24(26(30)36-27(3,4)5)29-11-10-28-23-16-20(8-9-25(23)37(29,31)32)35-17-19-13-21(33-6)15-22(14-19)34-7/h8-9,13-16,18,24,28H,10-12,17H2,1-7H3/t24-/m1/s1. The maximum absolute atomic E-state index is 13.8. The average Bonchev–Trinajstić information content (AvgIpc) is 2.94. The van der Waals surface area contributed by atoms with Gasteiger partial charge in [0, 0.05) is 25.2 Å². The highest BCUT2D eigenvalue weighted by Gasteiger charge is 2.40. The highest BCUT2D eigenvalue weighted by molar-refractivity contribution is 7.89. The van der Waals surface area contributed by atoms with Crippen molar-refractivity contribution >= 4 is 21.7 Å². The quantitative estimate of drug-likeness (QED) is 0.471. The first-order valence-electron chi connectivity index (χ1n) is 12.3. The third kappa shape index (κ3) is 7.29. The molecule has 0 saturated heterocycles. The monoisotopic (exact) mass is 534 g/mol. The van der Waals surface area contributed by atoms with Crippen molar-refractivity contribution in [3.63, 3.8) is 0 Å². The molecule has 3 rings (SSSR count). The smallest absolute Gasteiger partial charge is 0.324 e. The van der Waals surface area contributed by atoms with Crippen LogP contribution in [0.5, 0.6) is 17.2 Å². The highest BCUT2D eigenvalue weighted by Crippen LogP contribution is 2.34. The van der Waals surface area contributed by atoms with Gasteiger partial charge in [-0.3, -0.25) is 4.79 Å². The van der Waals surface area contributed by atoms with Gasteiger partial charge in [-0.2, -0.15) is 4.31 Å². The van der Waals surface area contributed by atoms with Crippen LogP contribution in [0.4, 0.5) is 5.69 Å². The van der Waals surface area contributed by atoms with E-state index in [1.54, 1.807) is 53.2 Å². The molecular weight excluding hydrogens is 496 g/mol. The van der Waals surface area contributed by atoms with Crippen LogP contribution in [0.15, 0.2) is 41.3 Å². The Morgan fingerprint density at radius 3 is 2.24 bits per heavy atom. The summed E-state index contributed by atoms with van der Waals surface area (Å²) in [5.74, 6) is 1.35. The fraction of sp³-hybridized carbons (Fsp3) is 0.519. The molecule has 1 heterocycles. The Labute approximate surface area is 220 Å². The zero-order valence-corrected chi connectivity index (χ0v) is 23.5. The Morgan fingerprint density at radius 1 is 1.03 bits per heavy atom. The molecule has 9 nitrogen and oxygen atoms in total. The lowest BCUT2D eigenvalue weighted by Crippen LogP contribution is -2.48. The SMILES string of the molecule is COc1cc(COc2ccc3c(c2)NCCN([C@H](CC(C)C)C(=O)OC(C)(C)C)S3(=O)=O)cc(OC)c1. The van der Waals surface area contributed by atoms with Crippen molar-refractivity contribution in [2.45, 2.75) is 64.2 Å². The number of carbonyl (C=O) groups is 1. The van der Waals surface area contributed by atoms with Crippen molar-refractivity contribution in [1.29, 1.82) is 0 Å². The van der Waals surface area contributed by atoms with Gasteiger partial charge in [-0.1, -0.05) is 13.8 Å². The predicted octanol–water partition coefficient (Wildman–Crippen LogP) is 4.46. The normalized spacial score (nSPS) is 16.2. The Morgan fingerprint density at radius 2 is 1.68 bits per heavy atom. The molecule has 1 atom stereocenters. The number of hydrogen-bond acceptors (Lipinski definition) is 8. The molecule has 0 bridgehead atoms. The summed E-state index contributed by atoms with van der Waals surface area (Å²) in [4.78, 5) is 13.2. The van der Waals surface area contributed by atoms with E-state index in [-0.39, 0.29) is 24.0 Å². The van der Waals surface area contributed by atoms with Crippen molar-refractivity contribution in [3.8, 4) is 17.2 Å². The summed E-state index contributed by atoms with van der Waals surface area (Å²) in [6.45, 7) is 9.93. The number of fused-ring (bicyclic) bond motifs is 1. The topological polar surface area (TPSA) is 103 Å². The van der Waals surface area contributed by atoms with E-state index in [9.17, 15) is 13.2 Å².